The van der Waals surface area contributed by atoms with Gasteiger partial charge in [0.15, 0.2) is 0 Å². The van der Waals surface area contributed by atoms with Crippen molar-refractivity contribution < 1.29 is 14.3 Å². The predicted molar refractivity (Wildman–Crippen MR) is 98.4 cm³/mol. The van der Waals surface area contributed by atoms with Crippen molar-refractivity contribution in [3.8, 4) is 0 Å². The van der Waals surface area contributed by atoms with E-state index in [2.05, 4.69) is 36.1 Å². The molecule has 5 heteroatoms. The zero-order valence-electron chi connectivity index (χ0n) is 15.6. The fraction of sp³-hybridized carbons (Fsp3) is 0.619. The van der Waals surface area contributed by atoms with Crippen molar-refractivity contribution in [1.29, 1.82) is 0 Å². The molecule has 3 aliphatic rings. The van der Waals surface area contributed by atoms with Crippen LogP contribution in [-0.2, 0) is 20.9 Å². The molecule has 0 bridgehead atoms. The number of piperazine rings is 1. The Balaban J connectivity index is 1.36. The maximum Gasteiger partial charge on any atom is 0.307 e. The molecule has 140 valence electrons. The molecule has 0 aromatic heterocycles. The van der Waals surface area contributed by atoms with Crippen molar-refractivity contribution in [3.05, 3.63) is 35.4 Å². The summed E-state index contributed by atoms with van der Waals surface area (Å²) in [5.41, 5.74) is 2.18. The molecule has 2 heterocycles. The van der Waals surface area contributed by atoms with Gasteiger partial charge >= 0.3 is 5.97 Å². The van der Waals surface area contributed by atoms with Crippen LogP contribution < -0.4 is 0 Å². The van der Waals surface area contributed by atoms with Crippen molar-refractivity contribution in [2.75, 3.05) is 26.2 Å². The van der Waals surface area contributed by atoms with Crippen molar-refractivity contribution in [3.63, 3.8) is 0 Å². The minimum atomic E-state index is -0.494. The van der Waals surface area contributed by atoms with Crippen LogP contribution in [0.3, 0.4) is 0 Å². The van der Waals surface area contributed by atoms with Gasteiger partial charge in [0.2, 0.25) is 5.91 Å². The molecule has 1 unspecified atom stereocenters. The largest absolute Gasteiger partial charge is 0.458 e. The number of hydrogen-bond donors (Lipinski definition) is 0. The summed E-state index contributed by atoms with van der Waals surface area (Å²) < 4.78 is 5.65. The topological polar surface area (TPSA) is 49.9 Å². The van der Waals surface area contributed by atoms with Gasteiger partial charge in [0.25, 0.3) is 0 Å². The highest BCUT2D eigenvalue weighted by Crippen LogP contribution is 2.46. The van der Waals surface area contributed by atoms with E-state index in [1.165, 1.54) is 11.1 Å². The summed E-state index contributed by atoms with van der Waals surface area (Å²) in [6, 6.07) is 8.48. The van der Waals surface area contributed by atoms with Crippen LogP contribution in [0.25, 0.3) is 0 Å². The lowest BCUT2D eigenvalue weighted by atomic mass is 9.84. The highest BCUT2D eigenvalue weighted by Gasteiger charge is 2.54. The third-order valence-corrected chi connectivity index (χ3v) is 6.41. The molecule has 2 saturated heterocycles. The van der Waals surface area contributed by atoms with Gasteiger partial charge in [0.1, 0.15) is 5.60 Å². The summed E-state index contributed by atoms with van der Waals surface area (Å²) in [5, 5.41) is 0. The molecule has 4 rings (SSSR count). The first-order valence-corrected chi connectivity index (χ1v) is 9.85. The fourth-order valence-electron chi connectivity index (χ4n) is 4.80. The van der Waals surface area contributed by atoms with Crippen LogP contribution >= 0.6 is 0 Å². The standard InChI is InChI=1S/C21H28N2O3/c1-16-6-2-3-7-17(16)15-22-10-12-23(13-11-22)20(25)18-14-19(24)26-21(18)8-4-5-9-21/h2-3,6-7,18H,4-5,8-15H2,1H3. The number of ether oxygens (including phenoxy) is 1. The molecule has 2 aliphatic heterocycles. The molecule has 1 aliphatic carbocycles. The van der Waals surface area contributed by atoms with Gasteiger partial charge in [-0.05, 0) is 43.7 Å². The first-order chi connectivity index (χ1) is 12.6. The number of aryl methyl sites for hydroxylation is 1. The zero-order chi connectivity index (χ0) is 18.1. The quantitative estimate of drug-likeness (QED) is 0.781. The predicted octanol–water partition coefficient (Wildman–Crippen LogP) is 2.52. The lowest BCUT2D eigenvalue weighted by molar-refractivity contribution is -0.152. The van der Waals surface area contributed by atoms with E-state index in [1.807, 2.05) is 4.90 Å². The smallest absolute Gasteiger partial charge is 0.307 e. The Kier molecular flexibility index (Phi) is 4.74. The Morgan fingerprint density at radius 2 is 1.85 bits per heavy atom. The third kappa shape index (κ3) is 3.25. The third-order valence-electron chi connectivity index (χ3n) is 6.41. The van der Waals surface area contributed by atoms with Crippen molar-refractivity contribution >= 4 is 11.9 Å². The second-order valence-electron chi connectivity index (χ2n) is 8.03. The van der Waals surface area contributed by atoms with Gasteiger partial charge in [0.05, 0.1) is 12.3 Å². The van der Waals surface area contributed by atoms with E-state index in [9.17, 15) is 9.59 Å². The van der Waals surface area contributed by atoms with Crippen LogP contribution in [0.2, 0.25) is 0 Å². The van der Waals surface area contributed by atoms with Gasteiger partial charge in [-0.3, -0.25) is 14.5 Å². The van der Waals surface area contributed by atoms with Gasteiger partial charge in [-0.2, -0.15) is 0 Å². The first kappa shape index (κ1) is 17.5. The zero-order valence-corrected chi connectivity index (χ0v) is 15.6. The van der Waals surface area contributed by atoms with Gasteiger partial charge in [-0.1, -0.05) is 24.3 Å². The summed E-state index contributed by atoms with van der Waals surface area (Å²) >= 11 is 0. The normalized spacial score (nSPS) is 25.7. The highest BCUT2D eigenvalue weighted by atomic mass is 16.6. The molecular weight excluding hydrogens is 328 g/mol. The monoisotopic (exact) mass is 356 g/mol. The number of carbonyl (C=O) groups is 2. The minimum Gasteiger partial charge on any atom is -0.458 e. The van der Waals surface area contributed by atoms with Crippen LogP contribution in [0, 0.1) is 12.8 Å². The molecule has 26 heavy (non-hydrogen) atoms. The van der Waals surface area contributed by atoms with Crippen molar-refractivity contribution in [1.82, 2.24) is 9.80 Å². The average Bonchev–Trinajstić information content (AvgIpc) is 3.24. The number of amides is 1. The van der Waals surface area contributed by atoms with Crippen LogP contribution in [0.4, 0.5) is 0 Å². The lowest BCUT2D eigenvalue weighted by Gasteiger charge is -2.38. The molecule has 1 spiro atoms. The van der Waals surface area contributed by atoms with E-state index in [1.54, 1.807) is 0 Å². The van der Waals surface area contributed by atoms with Crippen LogP contribution in [0.1, 0.15) is 43.2 Å². The molecule has 1 aromatic rings. The van der Waals surface area contributed by atoms with Gasteiger partial charge in [-0.15, -0.1) is 0 Å². The fourth-order valence-corrected chi connectivity index (χ4v) is 4.80. The molecule has 0 radical (unpaired) electrons. The van der Waals surface area contributed by atoms with Crippen LogP contribution in [-0.4, -0.2) is 53.5 Å². The summed E-state index contributed by atoms with van der Waals surface area (Å²) in [5.74, 6) is -0.322. The number of carbonyl (C=O) groups excluding carboxylic acids is 2. The van der Waals surface area contributed by atoms with E-state index in [4.69, 9.17) is 4.74 Å². The molecule has 1 aromatic carbocycles. The van der Waals surface area contributed by atoms with E-state index < -0.39 is 5.60 Å². The number of esters is 1. The van der Waals surface area contributed by atoms with Gasteiger partial charge in [0, 0.05) is 32.7 Å². The van der Waals surface area contributed by atoms with Crippen molar-refractivity contribution in [2.45, 2.75) is 51.2 Å². The Morgan fingerprint density at radius 3 is 2.54 bits per heavy atom. The number of benzene rings is 1. The maximum atomic E-state index is 13.1. The summed E-state index contributed by atoms with van der Waals surface area (Å²) in [7, 11) is 0. The maximum absolute atomic E-state index is 13.1. The van der Waals surface area contributed by atoms with E-state index in [0.717, 1.165) is 58.4 Å². The molecule has 1 atom stereocenters. The SMILES string of the molecule is Cc1ccccc1CN1CCN(C(=O)C2CC(=O)OC23CCCC3)CC1. The Hall–Kier alpha value is -1.88. The van der Waals surface area contributed by atoms with Crippen molar-refractivity contribution in [2.24, 2.45) is 5.92 Å². The Bertz CT molecular complexity index is 688. The van der Waals surface area contributed by atoms with Crippen LogP contribution in [0.15, 0.2) is 24.3 Å². The summed E-state index contributed by atoms with van der Waals surface area (Å²) in [4.78, 5) is 29.4. The molecule has 1 amide bonds. The molecular formula is C21H28N2O3. The second kappa shape index (κ2) is 7.03. The molecule has 5 nitrogen and oxygen atoms in total. The molecule has 1 saturated carbocycles. The molecule has 3 fully saturated rings. The van der Waals surface area contributed by atoms with E-state index in [-0.39, 0.29) is 24.2 Å². The summed E-state index contributed by atoms with van der Waals surface area (Å²) in [6.07, 6.45) is 4.08. The lowest BCUT2D eigenvalue weighted by Crippen LogP contribution is -2.52. The van der Waals surface area contributed by atoms with E-state index in [0.29, 0.717) is 0 Å². The van der Waals surface area contributed by atoms with Gasteiger partial charge in [-0.25, -0.2) is 0 Å². The van der Waals surface area contributed by atoms with Gasteiger partial charge < -0.3 is 9.64 Å². The Labute approximate surface area is 155 Å². The number of hydrogen-bond acceptors (Lipinski definition) is 4. The van der Waals surface area contributed by atoms with Crippen LogP contribution in [0.5, 0.6) is 0 Å². The highest BCUT2D eigenvalue weighted by molar-refractivity contribution is 5.88. The summed E-state index contributed by atoms with van der Waals surface area (Å²) in [6.45, 7) is 6.33. The number of rotatable bonds is 3. The first-order valence-electron chi connectivity index (χ1n) is 9.85. The van der Waals surface area contributed by atoms with E-state index >= 15 is 0 Å². The average molecular weight is 356 g/mol. The number of nitrogens with zero attached hydrogens (tertiary/aromatic N) is 2. The second-order valence-corrected chi connectivity index (χ2v) is 8.03. The minimum absolute atomic E-state index is 0.133. The molecule has 0 N–H and O–H groups in total. The Morgan fingerprint density at radius 1 is 1.15 bits per heavy atom.